The molecule has 1 unspecified atom stereocenters. The first-order valence-electron chi connectivity index (χ1n) is 11.0. The second-order valence-electron chi connectivity index (χ2n) is 7.62. The highest BCUT2D eigenvalue weighted by molar-refractivity contribution is 6.06. The number of rotatable bonds is 9. The van der Waals surface area contributed by atoms with Gasteiger partial charge in [0, 0.05) is 20.1 Å². The van der Waals surface area contributed by atoms with E-state index in [0.29, 0.717) is 18.6 Å². The molecule has 0 saturated carbocycles. The minimum absolute atomic E-state index is 0.0372. The van der Waals surface area contributed by atoms with Gasteiger partial charge in [-0.1, -0.05) is 36.4 Å². The van der Waals surface area contributed by atoms with Gasteiger partial charge in [-0.3, -0.25) is 4.90 Å². The Balaban J connectivity index is 2.35. The van der Waals surface area contributed by atoms with Gasteiger partial charge < -0.3 is 24.7 Å². The highest BCUT2D eigenvalue weighted by atomic mass is 19.1. The SMILES string of the molecule is COCCCOc1cccc(F)c1N1C(N)=C(C#N)C(c2ccccc2)C(C(=O)OC)=C1C(=O)OC. The maximum absolute atomic E-state index is 15.4. The van der Waals surface area contributed by atoms with Crippen molar-refractivity contribution in [3.63, 3.8) is 0 Å². The van der Waals surface area contributed by atoms with Crippen LogP contribution in [0.25, 0.3) is 0 Å². The molecule has 3 rings (SSSR count). The molecule has 2 aromatic carbocycles. The maximum Gasteiger partial charge on any atom is 0.355 e. The Kier molecular flexibility index (Phi) is 8.65. The number of hydrogen-bond acceptors (Lipinski definition) is 9. The van der Waals surface area contributed by atoms with Crippen molar-refractivity contribution in [3.8, 4) is 11.8 Å². The quantitative estimate of drug-likeness (QED) is 0.413. The van der Waals surface area contributed by atoms with Gasteiger partial charge in [0.05, 0.1) is 44.0 Å². The third kappa shape index (κ3) is 5.01. The van der Waals surface area contributed by atoms with E-state index >= 15 is 4.39 Å². The van der Waals surface area contributed by atoms with Crippen molar-refractivity contribution in [2.24, 2.45) is 5.73 Å². The van der Waals surface area contributed by atoms with E-state index in [4.69, 9.17) is 24.7 Å². The van der Waals surface area contributed by atoms with Gasteiger partial charge >= 0.3 is 11.9 Å². The molecule has 36 heavy (non-hydrogen) atoms. The van der Waals surface area contributed by atoms with Crippen molar-refractivity contribution in [1.82, 2.24) is 0 Å². The van der Waals surface area contributed by atoms with Crippen LogP contribution in [0.15, 0.2) is 71.2 Å². The first kappa shape index (κ1) is 26.2. The Morgan fingerprint density at radius 3 is 2.33 bits per heavy atom. The molecule has 0 spiro atoms. The molecular formula is C26H26FN3O6. The lowest BCUT2D eigenvalue weighted by atomic mass is 9.81. The largest absolute Gasteiger partial charge is 0.491 e. The number of esters is 2. The number of allylic oxidation sites excluding steroid dienone is 1. The van der Waals surface area contributed by atoms with E-state index in [-0.39, 0.29) is 40.7 Å². The Labute approximate surface area is 208 Å². The van der Waals surface area contributed by atoms with Crippen LogP contribution in [0.2, 0.25) is 0 Å². The van der Waals surface area contributed by atoms with E-state index < -0.39 is 23.7 Å². The summed E-state index contributed by atoms with van der Waals surface area (Å²) in [6.45, 7) is 0.578. The van der Waals surface area contributed by atoms with E-state index in [9.17, 15) is 14.9 Å². The van der Waals surface area contributed by atoms with Gasteiger partial charge in [-0.15, -0.1) is 0 Å². The molecule has 0 amide bonds. The number of para-hydroxylation sites is 1. The van der Waals surface area contributed by atoms with Crippen molar-refractivity contribution in [1.29, 1.82) is 5.26 Å². The van der Waals surface area contributed by atoms with E-state index in [2.05, 4.69) is 0 Å². The number of halogens is 1. The van der Waals surface area contributed by atoms with E-state index in [1.54, 1.807) is 37.4 Å². The lowest BCUT2D eigenvalue weighted by Gasteiger charge is -2.36. The molecule has 2 aromatic rings. The third-order valence-corrected chi connectivity index (χ3v) is 5.53. The lowest BCUT2D eigenvalue weighted by molar-refractivity contribution is -0.139. The minimum atomic E-state index is -1.06. The summed E-state index contributed by atoms with van der Waals surface area (Å²) in [5.74, 6) is -3.98. The summed E-state index contributed by atoms with van der Waals surface area (Å²) in [5, 5.41) is 10.1. The molecule has 0 bridgehead atoms. The van der Waals surface area contributed by atoms with Gasteiger partial charge in [-0.05, 0) is 17.7 Å². The van der Waals surface area contributed by atoms with Crippen LogP contribution in [0.4, 0.5) is 10.1 Å². The van der Waals surface area contributed by atoms with E-state index in [1.165, 1.54) is 12.1 Å². The first-order valence-corrected chi connectivity index (χ1v) is 11.0. The van der Waals surface area contributed by atoms with Crippen LogP contribution < -0.4 is 15.4 Å². The summed E-state index contributed by atoms with van der Waals surface area (Å²) < 4.78 is 36.1. The number of carbonyl (C=O) groups excluding carboxylic acids is 2. The highest BCUT2D eigenvalue weighted by Crippen LogP contribution is 2.46. The van der Waals surface area contributed by atoms with E-state index in [1.807, 2.05) is 6.07 Å². The fraction of sp³-hybridized carbons (Fsp3) is 0.269. The molecule has 9 nitrogen and oxygen atoms in total. The number of benzene rings is 2. The number of hydrogen-bond donors (Lipinski definition) is 1. The average molecular weight is 496 g/mol. The van der Waals surface area contributed by atoms with Crippen molar-refractivity contribution >= 4 is 17.6 Å². The molecule has 10 heteroatoms. The summed E-state index contributed by atoms with van der Waals surface area (Å²) in [7, 11) is 3.79. The Hall–Kier alpha value is -4.36. The fourth-order valence-corrected chi connectivity index (χ4v) is 3.96. The normalized spacial score (nSPS) is 15.4. The molecular weight excluding hydrogens is 469 g/mol. The molecule has 1 aliphatic heterocycles. The monoisotopic (exact) mass is 495 g/mol. The number of ether oxygens (including phenoxy) is 4. The standard InChI is InChI=1S/C26H26FN3O6/c1-33-13-8-14-36-19-12-7-11-18(27)22(19)30-23(26(32)35-3)21(25(31)34-2)20(17(15-28)24(30)29)16-9-5-4-6-10-16/h4-7,9-12,20H,8,13-14,29H2,1-3H3. The van der Waals surface area contributed by atoms with Gasteiger partial charge in [-0.25, -0.2) is 14.0 Å². The van der Waals surface area contributed by atoms with Gasteiger partial charge in [0.2, 0.25) is 0 Å². The number of anilines is 1. The smallest absolute Gasteiger partial charge is 0.355 e. The number of carbonyl (C=O) groups is 2. The Morgan fingerprint density at radius 2 is 1.72 bits per heavy atom. The molecule has 0 fully saturated rings. The Morgan fingerprint density at radius 1 is 1.03 bits per heavy atom. The van der Waals surface area contributed by atoms with Crippen molar-refractivity contribution in [3.05, 3.63) is 82.6 Å². The Bertz CT molecular complexity index is 1240. The summed E-state index contributed by atoms with van der Waals surface area (Å²) in [4.78, 5) is 27.2. The van der Waals surface area contributed by atoms with Crippen molar-refractivity contribution in [2.75, 3.05) is 39.4 Å². The van der Waals surface area contributed by atoms with Crippen LogP contribution in [0, 0.1) is 17.1 Å². The third-order valence-electron chi connectivity index (χ3n) is 5.53. The second-order valence-corrected chi connectivity index (χ2v) is 7.62. The van der Waals surface area contributed by atoms with E-state index in [0.717, 1.165) is 25.2 Å². The molecule has 0 saturated heterocycles. The second kappa shape index (κ2) is 11.9. The van der Waals surface area contributed by atoms with Crippen molar-refractivity contribution in [2.45, 2.75) is 12.3 Å². The van der Waals surface area contributed by atoms with Gasteiger partial charge in [-0.2, -0.15) is 5.26 Å². The fourth-order valence-electron chi connectivity index (χ4n) is 3.96. The molecule has 1 aliphatic rings. The zero-order valence-electron chi connectivity index (χ0n) is 20.1. The van der Waals surface area contributed by atoms with Crippen LogP contribution in [-0.4, -0.2) is 46.5 Å². The molecule has 0 aliphatic carbocycles. The van der Waals surface area contributed by atoms with Crippen molar-refractivity contribution < 1.29 is 32.9 Å². The van der Waals surface area contributed by atoms with Crippen LogP contribution in [-0.2, 0) is 23.8 Å². The van der Waals surface area contributed by atoms with Crippen LogP contribution in [0.3, 0.4) is 0 Å². The lowest BCUT2D eigenvalue weighted by Crippen LogP contribution is -2.41. The molecule has 1 atom stereocenters. The number of nitriles is 1. The average Bonchev–Trinajstić information content (AvgIpc) is 2.90. The first-order chi connectivity index (χ1) is 17.4. The molecule has 1 heterocycles. The van der Waals surface area contributed by atoms with Crippen LogP contribution in [0.1, 0.15) is 17.9 Å². The summed E-state index contributed by atoms with van der Waals surface area (Å²) in [6.07, 6.45) is 0.504. The number of methoxy groups -OCH3 is 3. The topological polar surface area (TPSA) is 124 Å². The predicted octanol–water partition coefficient (Wildman–Crippen LogP) is 3.14. The molecule has 2 N–H and O–H groups in total. The van der Waals surface area contributed by atoms with Gasteiger partial charge in [0.25, 0.3) is 0 Å². The summed E-state index contributed by atoms with van der Waals surface area (Å²) in [5.41, 5.74) is 5.99. The number of nitrogens with two attached hydrogens (primary N) is 1. The molecule has 0 aromatic heterocycles. The van der Waals surface area contributed by atoms with Gasteiger partial charge in [0.15, 0.2) is 5.82 Å². The minimum Gasteiger partial charge on any atom is -0.491 e. The summed E-state index contributed by atoms with van der Waals surface area (Å²) in [6, 6.07) is 14.6. The zero-order chi connectivity index (χ0) is 26.2. The van der Waals surface area contributed by atoms with Crippen LogP contribution in [0.5, 0.6) is 5.75 Å². The molecule has 188 valence electrons. The highest BCUT2D eigenvalue weighted by Gasteiger charge is 2.44. The molecule has 0 radical (unpaired) electrons. The maximum atomic E-state index is 15.4. The zero-order valence-corrected chi connectivity index (χ0v) is 20.1. The predicted molar refractivity (Wildman–Crippen MR) is 128 cm³/mol. The summed E-state index contributed by atoms with van der Waals surface area (Å²) >= 11 is 0. The number of nitrogens with zero attached hydrogens (tertiary/aromatic N) is 2. The van der Waals surface area contributed by atoms with Gasteiger partial charge in [0.1, 0.15) is 23.0 Å². The van der Waals surface area contributed by atoms with Crippen LogP contribution >= 0.6 is 0 Å².